The minimum Gasteiger partial charge on any atom is -0.328 e. The highest BCUT2D eigenvalue weighted by atomic mass is 35.5. The molecule has 2 N–H and O–H groups in total. The molecule has 7 nitrogen and oxygen atoms in total. The predicted octanol–water partition coefficient (Wildman–Crippen LogP) is 3.29. The van der Waals surface area contributed by atoms with Gasteiger partial charge in [0, 0.05) is 43.0 Å². The summed E-state index contributed by atoms with van der Waals surface area (Å²) in [6.07, 6.45) is 0. The third kappa shape index (κ3) is 4.03. The summed E-state index contributed by atoms with van der Waals surface area (Å²) in [5.41, 5.74) is 5.11. The first-order valence-electron chi connectivity index (χ1n) is 9.29. The topological polar surface area (TPSA) is 78.8 Å². The molecule has 9 heteroatoms. The molecule has 154 valence electrons. The Bertz CT molecular complexity index is 1030. The molecule has 1 saturated heterocycles. The maximum Gasteiger partial charge on any atom is 0.272 e. The zero-order valence-electron chi connectivity index (χ0n) is 16.6. The second-order valence-electron chi connectivity index (χ2n) is 7.11. The van der Waals surface area contributed by atoms with E-state index in [1.54, 1.807) is 0 Å². The lowest BCUT2D eigenvalue weighted by Gasteiger charge is -2.36. The molecule has 1 atom stereocenters. The quantitative estimate of drug-likeness (QED) is 0.662. The Labute approximate surface area is 180 Å². The van der Waals surface area contributed by atoms with Gasteiger partial charge in [0.15, 0.2) is 0 Å². The van der Waals surface area contributed by atoms with Crippen LogP contribution in [0.4, 0.5) is 0 Å². The Hall–Kier alpha value is -2.35. The van der Waals surface area contributed by atoms with E-state index in [-0.39, 0.29) is 24.4 Å². The molecule has 2 aromatic heterocycles. The van der Waals surface area contributed by atoms with Crippen LogP contribution in [-0.2, 0) is 7.05 Å². The summed E-state index contributed by atoms with van der Waals surface area (Å²) in [5.74, 6) is -0.0654. The fourth-order valence-corrected chi connectivity index (χ4v) is 4.02. The normalized spacial score (nSPS) is 16.6. The molecule has 1 unspecified atom stereocenters. The van der Waals surface area contributed by atoms with E-state index in [1.165, 1.54) is 0 Å². The van der Waals surface area contributed by atoms with Crippen molar-refractivity contribution in [1.82, 2.24) is 30.2 Å². The van der Waals surface area contributed by atoms with Crippen LogP contribution in [0.5, 0.6) is 0 Å². The molecule has 0 aliphatic carbocycles. The number of rotatable bonds is 3. The summed E-state index contributed by atoms with van der Waals surface area (Å²) in [4.78, 5) is 15.1. The Morgan fingerprint density at radius 3 is 2.76 bits per heavy atom. The van der Waals surface area contributed by atoms with E-state index in [1.807, 2.05) is 60.8 Å². The van der Waals surface area contributed by atoms with Crippen LogP contribution in [0.1, 0.15) is 33.5 Å². The number of benzene rings is 1. The van der Waals surface area contributed by atoms with Gasteiger partial charge in [-0.25, -0.2) is 0 Å². The van der Waals surface area contributed by atoms with Crippen LogP contribution in [0.2, 0.25) is 5.02 Å². The summed E-state index contributed by atoms with van der Waals surface area (Å²) >= 11 is 6.16. The van der Waals surface area contributed by atoms with Crippen LogP contribution in [0.25, 0.3) is 11.3 Å². The minimum absolute atomic E-state index is 0. The first kappa shape index (κ1) is 21.4. The fraction of sp³-hybridized carbons (Fsp3) is 0.350. The number of carbonyl (C=O) groups excluding carboxylic acids is 1. The lowest BCUT2D eigenvalue weighted by molar-refractivity contribution is 0.0628. The monoisotopic (exact) mass is 434 g/mol. The van der Waals surface area contributed by atoms with Crippen LogP contribution < -0.4 is 5.32 Å². The van der Waals surface area contributed by atoms with E-state index in [4.69, 9.17) is 11.6 Å². The number of aromatic nitrogens is 4. The predicted molar refractivity (Wildman–Crippen MR) is 116 cm³/mol. The molecule has 4 rings (SSSR count). The van der Waals surface area contributed by atoms with Crippen LogP contribution >= 0.6 is 24.0 Å². The molecule has 3 aromatic rings. The van der Waals surface area contributed by atoms with Gasteiger partial charge < -0.3 is 10.2 Å². The van der Waals surface area contributed by atoms with Gasteiger partial charge in [-0.05, 0) is 37.6 Å². The highest BCUT2D eigenvalue weighted by Gasteiger charge is 2.30. The number of piperazine rings is 1. The van der Waals surface area contributed by atoms with Crippen molar-refractivity contribution < 1.29 is 4.79 Å². The third-order valence-electron chi connectivity index (χ3n) is 5.31. The maximum atomic E-state index is 13.3. The number of carbonyl (C=O) groups is 1. The highest BCUT2D eigenvalue weighted by molar-refractivity contribution is 6.30. The third-order valence-corrected chi connectivity index (χ3v) is 5.55. The van der Waals surface area contributed by atoms with E-state index in [2.05, 4.69) is 20.6 Å². The average Bonchev–Trinajstić information content (AvgIpc) is 3.26. The van der Waals surface area contributed by atoms with Crippen molar-refractivity contribution in [3.63, 3.8) is 0 Å². The lowest BCUT2D eigenvalue weighted by atomic mass is 10.0. The summed E-state index contributed by atoms with van der Waals surface area (Å²) in [6.45, 7) is 6.01. The van der Waals surface area contributed by atoms with E-state index >= 15 is 0 Å². The molecule has 0 bridgehead atoms. The maximum absolute atomic E-state index is 13.3. The van der Waals surface area contributed by atoms with Gasteiger partial charge in [-0.1, -0.05) is 23.7 Å². The summed E-state index contributed by atoms with van der Waals surface area (Å²) in [7, 11) is 1.90. The van der Waals surface area contributed by atoms with Crippen molar-refractivity contribution in [2.45, 2.75) is 19.9 Å². The first-order chi connectivity index (χ1) is 13.5. The first-order valence-corrected chi connectivity index (χ1v) is 9.66. The molecule has 1 amide bonds. The summed E-state index contributed by atoms with van der Waals surface area (Å²) < 4.78 is 1.83. The molecule has 1 fully saturated rings. The molecule has 0 radical (unpaired) electrons. The fourth-order valence-electron chi connectivity index (χ4n) is 3.82. The Kier molecular flexibility index (Phi) is 6.31. The van der Waals surface area contributed by atoms with Crippen LogP contribution in [0.15, 0.2) is 30.3 Å². The number of hydrogen-bond acceptors (Lipinski definition) is 4. The number of halogens is 2. The van der Waals surface area contributed by atoms with Gasteiger partial charge in [-0.15, -0.1) is 12.4 Å². The van der Waals surface area contributed by atoms with E-state index in [0.29, 0.717) is 23.8 Å². The average molecular weight is 435 g/mol. The highest BCUT2D eigenvalue weighted by Crippen LogP contribution is 2.28. The van der Waals surface area contributed by atoms with E-state index in [9.17, 15) is 4.79 Å². The Balaban J connectivity index is 0.00000240. The molecule has 29 heavy (non-hydrogen) atoms. The van der Waals surface area contributed by atoms with Crippen molar-refractivity contribution in [2.24, 2.45) is 7.05 Å². The SMILES string of the molecule is Cc1nn(C)c(C)c1-c1cc(C(=O)N2CCNCC2c2cccc(Cl)c2)[nH]n1.Cl. The Morgan fingerprint density at radius 2 is 2.07 bits per heavy atom. The van der Waals surface area contributed by atoms with Gasteiger partial charge in [0.1, 0.15) is 5.69 Å². The minimum atomic E-state index is -0.0754. The van der Waals surface area contributed by atoms with E-state index in [0.717, 1.165) is 34.8 Å². The van der Waals surface area contributed by atoms with Crippen molar-refractivity contribution in [3.05, 3.63) is 58.0 Å². The molecular weight excluding hydrogens is 411 g/mol. The number of H-pyrrole nitrogens is 1. The zero-order valence-corrected chi connectivity index (χ0v) is 18.1. The van der Waals surface area contributed by atoms with Gasteiger partial charge in [0.2, 0.25) is 0 Å². The molecule has 1 aliphatic rings. The Morgan fingerprint density at radius 1 is 1.28 bits per heavy atom. The smallest absolute Gasteiger partial charge is 0.272 e. The number of aromatic amines is 1. The molecular formula is C20H24Cl2N6O. The van der Waals surface area contributed by atoms with Crippen LogP contribution in [-0.4, -0.2) is 50.4 Å². The molecule has 0 saturated carbocycles. The second kappa shape index (κ2) is 8.57. The summed E-state index contributed by atoms with van der Waals surface area (Å²) in [5, 5.41) is 15.8. The van der Waals surface area contributed by atoms with Gasteiger partial charge >= 0.3 is 0 Å². The number of hydrogen-bond donors (Lipinski definition) is 2. The van der Waals surface area contributed by atoms with E-state index < -0.39 is 0 Å². The summed E-state index contributed by atoms with van der Waals surface area (Å²) in [6, 6.07) is 9.42. The zero-order chi connectivity index (χ0) is 19.8. The number of aryl methyl sites for hydroxylation is 2. The van der Waals surface area contributed by atoms with Crippen molar-refractivity contribution in [3.8, 4) is 11.3 Å². The number of nitrogens with zero attached hydrogens (tertiary/aromatic N) is 4. The van der Waals surface area contributed by atoms with Crippen molar-refractivity contribution >= 4 is 29.9 Å². The molecule has 0 spiro atoms. The van der Waals surface area contributed by atoms with Crippen LogP contribution in [0, 0.1) is 13.8 Å². The molecule has 1 aliphatic heterocycles. The lowest BCUT2D eigenvalue weighted by Crippen LogP contribution is -2.48. The molecule has 3 heterocycles. The standard InChI is InChI=1S/C20H23ClN6O.ClH/c1-12-19(13(2)26(3)25-12)16-10-17(24-23-16)20(28)27-8-7-22-11-18(27)14-5-4-6-15(21)9-14;/h4-6,9-10,18,22H,7-8,11H2,1-3H3,(H,23,24);1H. The number of nitrogens with one attached hydrogen (secondary N) is 2. The van der Waals surface area contributed by atoms with Gasteiger partial charge in [0.25, 0.3) is 5.91 Å². The van der Waals surface area contributed by atoms with Crippen molar-refractivity contribution in [2.75, 3.05) is 19.6 Å². The largest absolute Gasteiger partial charge is 0.328 e. The van der Waals surface area contributed by atoms with Crippen LogP contribution in [0.3, 0.4) is 0 Å². The second-order valence-corrected chi connectivity index (χ2v) is 7.55. The van der Waals surface area contributed by atoms with Gasteiger partial charge in [0.05, 0.1) is 17.4 Å². The van der Waals surface area contributed by atoms with Gasteiger partial charge in [-0.2, -0.15) is 10.2 Å². The van der Waals surface area contributed by atoms with Gasteiger partial charge in [-0.3, -0.25) is 14.6 Å². The molecule has 1 aromatic carbocycles. The van der Waals surface area contributed by atoms with Crippen molar-refractivity contribution in [1.29, 1.82) is 0 Å². The number of amides is 1.